The van der Waals surface area contributed by atoms with E-state index in [9.17, 15) is 97.2 Å². The van der Waals surface area contributed by atoms with Gasteiger partial charge in [0.1, 0.15) is 36.3 Å². The molecule has 1 aromatic rings. The number of nitrogens with zero attached hydrogens (tertiary/aromatic N) is 8. The van der Waals surface area contributed by atoms with Crippen LogP contribution in [-0.2, 0) is 94.5 Å². The number of urea groups is 3. The van der Waals surface area contributed by atoms with Gasteiger partial charge in [-0.05, 0) is 127 Å². The van der Waals surface area contributed by atoms with Crippen molar-refractivity contribution in [2.75, 3.05) is 92.6 Å². The van der Waals surface area contributed by atoms with Crippen LogP contribution in [0.5, 0.6) is 0 Å². The molecule has 148 heavy (non-hydrogen) atoms. The van der Waals surface area contributed by atoms with E-state index in [2.05, 4.69) is 85.5 Å². The Morgan fingerprint density at radius 3 is 1.08 bits per heavy atom. The van der Waals surface area contributed by atoms with Gasteiger partial charge < -0.3 is 78.9 Å². The summed E-state index contributed by atoms with van der Waals surface area (Å²) >= 11 is 1.38. The molecule has 9 fully saturated rings. The minimum Gasteiger partial charge on any atom is -0.363 e. The molecule has 6 aliphatic heterocycles. The van der Waals surface area contributed by atoms with Crippen molar-refractivity contribution < 1.29 is 97.2 Å². The molecule has 4 aliphatic carbocycles. The summed E-state index contributed by atoms with van der Waals surface area (Å²) in [5.74, 6) is -7.97. The molecule has 4 saturated carbocycles. The maximum Gasteiger partial charge on any atom is 0.315 e. The number of piperidine rings is 3. The zero-order chi connectivity index (χ0) is 112. The molecule has 834 valence electrons. The second-order valence-electron chi connectivity index (χ2n) is 50.4. The number of sulfonamides is 1. The molecule has 0 spiro atoms. The number of nitrogens with two attached hydrogens (primary N) is 1. The summed E-state index contributed by atoms with van der Waals surface area (Å²) in [6.07, 6.45) is 10.0. The van der Waals surface area contributed by atoms with Gasteiger partial charge in [0, 0.05) is 122 Å². The van der Waals surface area contributed by atoms with E-state index in [1.165, 1.54) is 73.8 Å². The zero-order valence-corrected chi connectivity index (χ0v) is 95.8. The van der Waals surface area contributed by atoms with Gasteiger partial charge in [-0.1, -0.05) is 237 Å². The van der Waals surface area contributed by atoms with Crippen LogP contribution in [0.2, 0.25) is 0 Å². The van der Waals surface area contributed by atoms with E-state index in [1.54, 1.807) is 11.4 Å². The third kappa shape index (κ3) is 28.1. The molecule has 5 saturated heterocycles. The predicted octanol–water partition coefficient (Wildman–Crippen LogP) is 6.26. The highest BCUT2D eigenvalue weighted by Gasteiger charge is 2.73. The summed E-state index contributed by atoms with van der Waals surface area (Å²) in [7, 11) is -7.94. The summed E-state index contributed by atoms with van der Waals surface area (Å²) in [6, 6.07) is -11.0. The van der Waals surface area contributed by atoms with Crippen molar-refractivity contribution in [2.24, 2.45) is 95.9 Å². The third-order valence-corrected chi connectivity index (χ3v) is 39.0. The number of hydrogen-bond acceptors (Lipinski definition) is 22. The number of nitrogens with one attached hydrogen (secondary N) is 11. The lowest BCUT2D eigenvalue weighted by Crippen LogP contribution is -2.63. The Balaban J connectivity index is 0.000000247. The van der Waals surface area contributed by atoms with Gasteiger partial charge in [0.2, 0.25) is 62.8 Å². The van der Waals surface area contributed by atoms with Gasteiger partial charge in [-0.25, -0.2) is 22.8 Å². The Hall–Kier alpha value is -9.12. The number of amides is 15. The number of carbonyl (C=O) groups excluding carboxylic acids is 15. The van der Waals surface area contributed by atoms with Crippen LogP contribution in [0, 0.1) is 90.2 Å². The van der Waals surface area contributed by atoms with Crippen molar-refractivity contribution >= 4 is 130 Å². The van der Waals surface area contributed by atoms with Crippen molar-refractivity contribution in [3.63, 3.8) is 0 Å². The molecule has 0 radical (unpaired) electrons. The van der Waals surface area contributed by atoms with Gasteiger partial charge in [-0.2, -0.15) is 38.4 Å². The van der Waals surface area contributed by atoms with Crippen LogP contribution in [0.4, 0.5) is 14.4 Å². The molecular formula is C103H172N20O21S4. The van der Waals surface area contributed by atoms with Gasteiger partial charge in [-0.15, -0.1) is 24.5 Å². The van der Waals surface area contributed by atoms with Gasteiger partial charge in [0.15, 0.2) is 0 Å². The average Bonchev–Trinajstić information content (AvgIpc) is 1.53. The van der Waals surface area contributed by atoms with Crippen LogP contribution in [0.25, 0.3) is 0 Å². The monoisotopic (exact) mass is 2150 g/mol. The highest BCUT2D eigenvalue weighted by Crippen LogP contribution is 2.67. The first-order valence-electron chi connectivity index (χ1n) is 52.3. The lowest BCUT2D eigenvalue weighted by atomic mass is 9.80. The van der Waals surface area contributed by atoms with E-state index in [1.807, 2.05) is 166 Å². The number of ketones is 3. The Kier molecular flexibility index (Phi) is 38.7. The van der Waals surface area contributed by atoms with Crippen molar-refractivity contribution in [1.82, 2.24) is 94.7 Å². The summed E-state index contributed by atoms with van der Waals surface area (Å²) in [6.45, 7) is 59.8. The van der Waals surface area contributed by atoms with E-state index in [0.717, 1.165) is 37.0 Å². The molecule has 13 N–H and O–H groups in total. The Morgan fingerprint density at radius 1 is 0.439 bits per heavy atom. The second-order valence-corrected chi connectivity index (χ2v) is 57.3. The molecule has 41 nitrogen and oxygen atoms in total. The molecule has 7 heterocycles. The molecule has 10 aliphatic rings. The van der Waals surface area contributed by atoms with Gasteiger partial charge >= 0.3 is 18.1 Å². The van der Waals surface area contributed by atoms with E-state index in [-0.39, 0.29) is 110 Å². The topological polar surface area (TPSA) is 543 Å². The average molecular weight is 2150 g/mol. The Bertz CT molecular complexity index is 5490. The number of hydrogen-bond donors (Lipinski definition) is 12. The number of fused-ring (bicyclic) bond motifs is 4. The number of carbonyl (C=O) groups is 15. The number of primary amides is 1. The van der Waals surface area contributed by atoms with Crippen molar-refractivity contribution in [3.8, 4) is 0 Å². The number of likely N-dealkylation sites (tertiary alicyclic amines) is 3. The summed E-state index contributed by atoms with van der Waals surface area (Å²) in [5.41, 5.74) is 0.757. The summed E-state index contributed by atoms with van der Waals surface area (Å²) in [4.78, 5) is 208. The SMILES string of the molecule is C=CCNC(=O)C(=O)C(CC1CCC1)NC(=O)[C@@H]1[C@@H]2[C@H](CN1C(=O)[C@@H](NC(=O)N[C@H](CN1CCN(C)S1(=O)=O)C(C)(C)C)C(C)(C)C)C2(C)C.C=CCNC(=O)C(=O)C(CCCC)NC(=O)[C@@H]1[C@@H]2[C@H](CN1C(=O)[C@@H](NC(=O)N[C@H](CN1Cc3sccc3S1(=O)=O)C(C)(C)C)C(C)(C)C)C2(C)C.CCCCC(NC(=O)[C@@H]1[C@@H]2[C@H](CN1C(=O)[C@@H](NC(=O)N[C@H](CN1CCCN(C)S1(=O)=O)C(C)(C)C)C(C)(C)C)C2(C)C)C(=O)C(N)=O. The van der Waals surface area contributed by atoms with Crippen LogP contribution in [-0.4, -0.2) is 315 Å². The number of thiophene rings is 1. The number of Topliss-reactive ketones (excluding diaryl/α,β-unsaturated/α-hetero) is 3. The minimum atomic E-state index is -3.69. The largest absolute Gasteiger partial charge is 0.363 e. The normalized spacial score (nSPS) is 25.4. The van der Waals surface area contributed by atoms with Crippen molar-refractivity contribution in [3.05, 3.63) is 41.6 Å². The van der Waals surface area contributed by atoms with Gasteiger partial charge in [0.25, 0.3) is 38.1 Å². The lowest BCUT2D eigenvalue weighted by Gasteiger charge is -2.40. The molecule has 1 aromatic heterocycles. The van der Waals surface area contributed by atoms with Gasteiger partial charge in [-0.3, -0.25) is 57.5 Å². The number of likely N-dealkylation sites (N-methyl/N-ethyl adjacent to an activating group) is 1. The second kappa shape index (κ2) is 46.8. The summed E-state index contributed by atoms with van der Waals surface area (Å²) < 4.78 is 84.6. The van der Waals surface area contributed by atoms with Crippen LogP contribution in [0.3, 0.4) is 0 Å². The fourth-order valence-electron chi connectivity index (χ4n) is 21.7. The smallest absolute Gasteiger partial charge is 0.315 e. The fourth-order valence-corrected chi connectivity index (χ4v) is 27.4. The van der Waals surface area contributed by atoms with Crippen LogP contribution in [0.15, 0.2) is 41.7 Å². The Labute approximate surface area is 881 Å². The number of unbranched alkanes of at least 4 members (excludes halogenated alkanes) is 2. The van der Waals surface area contributed by atoms with Crippen molar-refractivity contribution in [1.29, 1.82) is 0 Å². The summed E-state index contributed by atoms with van der Waals surface area (Å²) in [5, 5.41) is 32.6. The van der Waals surface area contributed by atoms with E-state index in [4.69, 9.17) is 5.73 Å². The van der Waals surface area contributed by atoms with E-state index >= 15 is 0 Å². The highest BCUT2D eigenvalue weighted by molar-refractivity contribution is 7.89. The van der Waals surface area contributed by atoms with Crippen LogP contribution < -0.4 is 64.2 Å². The standard InChI is InChI=1S/C36H56N6O7S2.C35H59N7O7S.C32H57N7O7S/c1-11-13-14-22(28(43)31(45)37-16-12-2)38-30(44)27-26-21(36(26,9)10)18-42(27)32(46)29(35(6,7)8)40-33(47)39-25(34(3,4)5)20-41-19-23-24(15-17-50-23)51(41,48)49;1-11-15-36-30(45)27(43)23(18-21-13-12-14-21)37-29(44)26-25-22(35(25,8)9)19-42(26)31(46)28(34(5,6)7)39-32(47)38-24(33(2,3)4)20-41-17-16-40(10)50(41,48)49;1-11-12-14-20(24(40)26(33)41)34-27(42)23-22-19(32(22,8)9)17-39(23)28(43)25(31(5,6)7)36-29(44)35-21(30(2,3)4)18-38-16-13-15-37(10)47(38,45)46/h12,15,17,21-22,25-27,29H,2,11,13-14,16,18-20H2,1,3-10H3,(H,37,45)(H,38,44)(H2,39,40,47);11,21-26,28H,1,12-20H2,2-10H3,(H,36,45)(H,37,44)(H2,38,39,47);19-23,25H,11-18H2,1-10H3,(H2,33,41)(H,34,42)(H2,35,36,44)/t21-,22?,25+,26-,27-,29+;22-,23?,24+,25-,26-,28+;19-,20?,21+,22-,23-,25+/m000/s1. The maximum absolute atomic E-state index is 14.5. The van der Waals surface area contributed by atoms with Crippen LogP contribution in [0.1, 0.15) is 256 Å². The first kappa shape index (κ1) is 122. The molecule has 3 unspecified atom stereocenters. The quantitative estimate of drug-likeness (QED) is 0.0256. The van der Waals surface area contributed by atoms with E-state index < -0.39 is 224 Å². The van der Waals surface area contributed by atoms with Gasteiger partial charge in [0.05, 0.1) is 23.0 Å². The minimum absolute atomic E-state index is 0.0447. The van der Waals surface area contributed by atoms with Crippen LogP contribution >= 0.6 is 11.3 Å². The fraction of sp³-hybridized carbons (Fsp3) is 0.777. The lowest BCUT2D eigenvalue weighted by molar-refractivity contribution is -0.145. The molecule has 11 rings (SSSR count). The zero-order valence-electron chi connectivity index (χ0n) is 92.5. The van der Waals surface area contributed by atoms with E-state index in [0.29, 0.717) is 76.4 Å². The first-order chi connectivity index (χ1) is 68.0. The molecular weight excluding hydrogens is 1980 g/mol. The van der Waals surface area contributed by atoms with Crippen molar-refractivity contribution in [2.45, 2.75) is 335 Å². The first-order valence-corrected chi connectivity index (χ1v) is 57.4. The molecule has 18 atom stereocenters. The Morgan fingerprint density at radius 2 is 0.770 bits per heavy atom. The molecule has 0 bridgehead atoms. The maximum atomic E-state index is 14.5. The highest BCUT2D eigenvalue weighted by atomic mass is 32.2. The molecule has 45 heteroatoms. The predicted molar refractivity (Wildman–Crippen MR) is 563 cm³/mol. The molecule has 15 amide bonds. The number of rotatable bonds is 39. The molecule has 0 aromatic carbocycles. The third-order valence-electron chi connectivity index (χ3n) is 32.2.